The molecule has 2 aromatic rings. The average molecular weight is 245 g/mol. The molecule has 0 amide bonds. The SMILES string of the molecule is CCOC(=O)Cc1nc(-c2ccc(C)cc2)n[nH]1. The fourth-order valence-electron chi connectivity index (χ4n) is 1.55. The van der Waals surface area contributed by atoms with Crippen molar-refractivity contribution in [1.29, 1.82) is 0 Å². The molecule has 0 atom stereocenters. The first-order chi connectivity index (χ1) is 8.69. The van der Waals surface area contributed by atoms with Gasteiger partial charge in [-0.1, -0.05) is 29.8 Å². The van der Waals surface area contributed by atoms with E-state index >= 15 is 0 Å². The lowest BCUT2D eigenvalue weighted by atomic mass is 10.1. The zero-order chi connectivity index (χ0) is 13.0. The van der Waals surface area contributed by atoms with Gasteiger partial charge < -0.3 is 4.74 Å². The number of carbonyl (C=O) groups is 1. The van der Waals surface area contributed by atoms with Crippen LogP contribution < -0.4 is 0 Å². The molecule has 18 heavy (non-hydrogen) atoms. The van der Waals surface area contributed by atoms with E-state index < -0.39 is 0 Å². The van der Waals surface area contributed by atoms with Gasteiger partial charge in [0.2, 0.25) is 0 Å². The molecule has 1 aromatic heterocycles. The van der Waals surface area contributed by atoms with Crippen LogP contribution in [0, 0.1) is 6.92 Å². The third-order valence-electron chi connectivity index (χ3n) is 2.46. The van der Waals surface area contributed by atoms with E-state index in [2.05, 4.69) is 15.2 Å². The van der Waals surface area contributed by atoms with Crippen molar-refractivity contribution in [2.75, 3.05) is 6.61 Å². The van der Waals surface area contributed by atoms with Crippen LogP contribution in [-0.4, -0.2) is 27.8 Å². The number of ether oxygens (including phenoxy) is 1. The molecule has 0 aliphatic heterocycles. The van der Waals surface area contributed by atoms with Crippen molar-refractivity contribution < 1.29 is 9.53 Å². The van der Waals surface area contributed by atoms with Crippen LogP contribution in [0.4, 0.5) is 0 Å². The van der Waals surface area contributed by atoms with E-state index in [4.69, 9.17) is 4.74 Å². The molecule has 0 saturated heterocycles. The Bertz CT molecular complexity index is 531. The summed E-state index contributed by atoms with van der Waals surface area (Å²) in [5, 5.41) is 6.83. The molecule has 0 spiro atoms. The lowest BCUT2D eigenvalue weighted by molar-refractivity contribution is -0.142. The molecule has 0 bridgehead atoms. The summed E-state index contributed by atoms with van der Waals surface area (Å²) in [6, 6.07) is 7.90. The Morgan fingerprint density at radius 2 is 2.06 bits per heavy atom. The predicted molar refractivity (Wildman–Crippen MR) is 66.9 cm³/mol. The molecule has 0 radical (unpaired) electrons. The lowest BCUT2D eigenvalue weighted by Gasteiger charge is -1.97. The molecule has 94 valence electrons. The highest BCUT2D eigenvalue weighted by Gasteiger charge is 2.10. The normalized spacial score (nSPS) is 10.3. The third-order valence-corrected chi connectivity index (χ3v) is 2.46. The molecular formula is C13H15N3O2. The van der Waals surface area contributed by atoms with Crippen molar-refractivity contribution in [2.45, 2.75) is 20.3 Å². The number of H-pyrrole nitrogens is 1. The van der Waals surface area contributed by atoms with Gasteiger partial charge in [-0.05, 0) is 13.8 Å². The highest BCUT2D eigenvalue weighted by atomic mass is 16.5. The van der Waals surface area contributed by atoms with Gasteiger partial charge >= 0.3 is 5.97 Å². The van der Waals surface area contributed by atoms with Crippen molar-refractivity contribution in [3.63, 3.8) is 0 Å². The number of esters is 1. The third kappa shape index (κ3) is 2.94. The molecule has 5 heteroatoms. The zero-order valence-electron chi connectivity index (χ0n) is 10.4. The van der Waals surface area contributed by atoms with Crippen LogP contribution in [0.2, 0.25) is 0 Å². The van der Waals surface area contributed by atoms with Crippen molar-refractivity contribution in [2.24, 2.45) is 0 Å². The van der Waals surface area contributed by atoms with Crippen molar-refractivity contribution >= 4 is 5.97 Å². The number of nitrogens with one attached hydrogen (secondary N) is 1. The summed E-state index contributed by atoms with van der Waals surface area (Å²) < 4.78 is 4.85. The van der Waals surface area contributed by atoms with Crippen LogP contribution >= 0.6 is 0 Å². The van der Waals surface area contributed by atoms with Crippen molar-refractivity contribution in [1.82, 2.24) is 15.2 Å². The van der Waals surface area contributed by atoms with Crippen LogP contribution in [0.25, 0.3) is 11.4 Å². The van der Waals surface area contributed by atoms with E-state index in [1.54, 1.807) is 6.92 Å². The molecule has 0 aliphatic carbocycles. The molecular weight excluding hydrogens is 230 g/mol. The van der Waals surface area contributed by atoms with E-state index in [0.717, 1.165) is 5.56 Å². The standard InChI is InChI=1S/C13H15N3O2/c1-3-18-12(17)8-11-14-13(16-15-11)10-6-4-9(2)5-7-10/h4-7H,3,8H2,1-2H3,(H,14,15,16). The van der Waals surface area contributed by atoms with E-state index in [0.29, 0.717) is 18.3 Å². The lowest BCUT2D eigenvalue weighted by Crippen LogP contribution is -2.08. The first kappa shape index (κ1) is 12.3. The predicted octanol–water partition coefficient (Wildman–Crippen LogP) is 1.89. The first-order valence-electron chi connectivity index (χ1n) is 5.83. The highest BCUT2D eigenvalue weighted by molar-refractivity contribution is 5.71. The second-order valence-corrected chi connectivity index (χ2v) is 3.95. The summed E-state index contributed by atoms with van der Waals surface area (Å²) in [6.07, 6.45) is 0.118. The number of carbonyl (C=O) groups excluding carboxylic acids is 1. The zero-order valence-corrected chi connectivity index (χ0v) is 10.4. The summed E-state index contributed by atoms with van der Waals surface area (Å²) in [6.45, 7) is 4.17. The smallest absolute Gasteiger partial charge is 0.313 e. The van der Waals surface area contributed by atoms with Gasteiger partial charge in [-0.2, -0.15) is 5.10 Å². The number of hydrogen-bond donors (Lipinski definition) is 1. The minimum absolute atomic E-state index is 0.118. The maximum absolute atomic E-state index is 11.3. The van der Waals surface area contributed by atoms with E-state index in [1.165, 1.54) is 5.56 Å². The number of aromatic amines is 1. The first-order valence-corrected chi connectivity index (χ1v) is 5.83. The Hall–Kier alpha value is -2.17. The molecule has 1 heterocycles. The van der Waals surface area contributed by atoms with Crippen LogP contribution in [0.1, 0.15) is 18.3 Å². The number of aromatic nitrogens is 3. The fraction of sp³-hybridized carbons (Fsp3) is 0.308. The Morgan fingerprint density at radius 1 is 1.33 bits per heavy atom. The van der Waals surface area contributed by atoms with E-state index in [-0.39, 0.29) is 12.4 Å². The topological polar surface area (TPSA) is 67.9 Å². The minimum Gasteiger partial charge on any atom is -0.466 e. The molecule has 0 fully saturated rings. The minimum atomic E-state index is -0.302. The molecule has 2 rings (SSSR count). The summed E-state index contributed by atoms with van der Waals surface area (Å²) in [7, 11) is 0. The highest BCUT2D eigenvalue weighted by Crippen LogP contribution is 2.15. The number of benzene rings is 1. The number of nitrogens with zero attached hydrogens (tertiary/aromatic N) is 2. The van der Waals surface area contributed by atoms with Crippen LogP contribution in [0.3, 0.4) is 0 Å². The molecule has 1 aromatic carbocycles. The van der Waals surface area contributed by atoms with Gasteiger partial charge in [0.05, 0.1) is 6.61 Å². The summed E-state index contributed by atoms with van der Waals surface area (Å²) in [5.41, 5.74) is 2.10. The van der Waals surface area contributed by atoms with Gasteiger partial charge in [0, 0.05) is 5.56 Å². The maximum Gasteiger partial charge on any atom is 0.313 e. The van der Waals surface area contributed by atoms with Crippen LogP contribution in [0.5, 0.6) is 0 Å². The average Bonchev–Trinajstić information content (AvgIpc) is 2.78. The second-order valence-electron chi connectivity index (χ2n) is 3.95. The monoisotopic (exact) mass is 245 g/mol. The Kier molecular flexibility index (Phi) is 3.72. The largest absolute Gasteiger partial charge is 0.466 e. The van der Waals surface area contributed by atoms with Crippen molar-refractivity contribution in [3.8, 4) is 11.4 Å². The Balaban J connectivity index is 2.10. The fourth-order valence-corrected chi connectivity index (χ4v) is 1.55. The Labute approximate surface area is 105 Å². The van der Waals surface area contributed by atoms with Gasteiger partial charge in [0.25, 0.3) is 0 Å². The maximum atomic E-state index is 11.3. The van der Waals surface area contributed by atoms with Crippen LogP contribution in [0.15, 0.2) is 24.3 Å². The molecule has 1 N–H and O–H groups in total. The summed E-state index contributed by atoms with van der Waals surface area (Å²) in [5.74, 6) is 0.808. The van der Waals surface area contributed by atoms with Crippen LogP contribution in [-0.2, 0) is 16.0 Å². The van der Waals surface area contributed by atoms with Gasteiger partial charge in [0.1, 0.15) is 12.2 Å². The van der Waals surface area contributed by atoms with Gasteiger partial charge in [-0.25, -0.2) is 4.98 Å². The van der Waals surface area contributed by atoms with E-state index in [1.807, 2.05) is 31.2 Å². The van der Waals surface area contributed by atoms with E-state index in [9.17, 15) is 4.79 Å². The number of hydrogen-bond acceptors (Lipinski definition) is 4. The Morgan fingerprint density at radius 3 is 2.72 bits per heavy atom. The molecule has 0 aliphatic rings. The van der Waals surface area contributed by atoms with Gasteiger partial charge in [0.15, 0.2) is 5.82 Å². The molecule has 5 nitrogen and oxygen atoms in total. The second kappa shape index (κ2) is 5.44. The quantitative estimate of drug-likeness (QED) is 0.835. The molecule has 0 unspecified atom stereocenters. The van der Waals surface area contributed by atoms with Gasteiger partial charge in [-0.3, -0.25) is 9.89 Å². The summed E-state index contributed by atoms with van der Waals surface area (Å²) in [4.78, 5) is 15.6. The van der Waals surface area contributed by atoms with Crippen molar-refractivity contribution in [3.05, 3.63) is 35.7 Å². The number of aryl methyl sites for hydroxylation is 1. The summed E-state index contributed by atoms with van der Waals surface area (Å²) >= 11 is 0. The molecule has 0 saturated carbocycles. The number of rotatable bonds is 4. The van der Waals surface area contributed by atoms with Gasteiger partial charge in [-0.15, -0.1) is 0 Å².